The monoisotopic (exact) mass is 323 g/mol. The van der Waals surface area contributed by atoms with Crippen LogP contribution in [0.2, 0.25) is 0 Å². The number of anilines is 1. The summed E-state index contributed by atoms with van der Waals surface area (Å²) in [6, 6.07) is 11.0. The molecule has 0 atom stereocenters. The number of halogens is 1. The maximum atomic E-state index is 12.8. The zero-order chi connectivity index (χ0) is 17.5. The van der Waals surface area contributed by atoms with Crippen molar-refractivity contribution in [3.05, 3.63) is 58.1 Å². The second-order valence-electron chi connectivity index (χ2n) is 5.54. The van der Waals surface area contributed by atoms with Crippen molar-refractivity contribution < 1.29 is 9.13 Å². The van der Waals surface area contributed by atoms with Crippen molar-refractivity contribution >= 4 is 5.69 Å². The third kappa shape index (κ3) is 4.24. The van der Waals surface area contributed by atoms with Crippen LogP contribution in [0.15, 0.2) is 30.3 Å². The van der Waals surface area contributed by atoms with Crippen molar-refractivity contribution in [1.82, 2.24) is 0 Å². The number of aryl methyl sites for hydroxylation is 3. The van der Waals surface area contributed by atoms with Crippen LogP contribution in [-0.2, 0) is 13.0 Å². The van der Waals surface area contributed by atoms with Crippen molar-refractivity contribution in [3.63, 3.8) is 0 Å². The highest BCUT2D eigenvalue weighted by Gasteiger charge is 2.08. The number of nitrogens with one attached hydrogen (secondary N) is 1. The van der Waals surface area contributed by atoms with Gasteiger partial charge in [-0.25, -0.2) is 0 Å². The van der Waals surface area contributed by atoms with E-state index in [0.717, 1.165) is 22.3 Å². The Morgan fingerprint density at radius 2 is 1.83 bits per heavy atom. The van der Waals surface area contributed by atoms with Gasteiger partial charge in [0.1, 0.15) is 12.4 Å². The Labute approximate surface area is 141 Å². The third-order valence-corrected chi connectivity index (χ3v) is 3.76. The molecular weight excluding hydrogens is 305 g/mol. The average Bonchev–Trinajstić information content (AvgIpc) is 2.57. The molecule has 122 valence electrons. The molecule has 0 radical (unpaired) electrons. The molecule has 2 aromatic carbocycles. The molecule has 24 heavy (non-hydrogen) atoms. The Hall–Kier alpha value is -3.05. The van der Waals surface area contributed by atoms with Gasteiger partial charge in [0.2, 0.25) is 0 Å². The van der Waals surface area contributed by atoms with Gasteiger partial charge in [-0.1, -0.05) is 6.07 Å². The van der Waals surface area contributed by atoms with E-state index in [0.29, 0.717) is 23.4 Å². The minimum Gasteiger partial charge on any atom is -0.489 e. The molecule has 0 aliphatic rings. The van der Waals surface area contributed by atoms with Gasteiger partial charge in [-0.05, 0) is 60.4 Å². The number of ether oxygens (including phenoxy) is 1. The zero-order valence-corrected chi connectivity index (χ0v) is 13.7. The van der Waals surface area contributed by atoms with E-state index in [1.54, 1.807) is 18.2 Å². The lowest BCUT2D eigenvalue weighted by atomic mass is 10.0. The third-order valence-electron chi connectivity index (χ3n) is 3.76. The summed E-state index contributed by atoms with van der Waals surface area (Å²) >= 11 is 0. The molecule has 0 aliphatic carbocycles. The Balaban J connectivity index is 2.25. The molecule has 1 N–H and O–H groups in total. The molecule has 4 nitrogen and oxygen atoms in total. The summed E-state index contributed by atoms with van der Waals surface area (Å²) in [7, 11) is 0. The van der Waals surface area contributed by atoms with E-state index in [2.05, 4.69) is 11.4 Å². The first kappa shape index (κ1) is 17.3. The van der Waals surface area contributed by atoms with Gasteiger partial charge in [-0.15, -0.1) is 0 Å². The predicted molar refractivity (Wildman–Crippen MR) is 90.3 cm³/mol. The maximum absolute atomic E-state index is 12.8. The van der Waals surface area contributed by atoms with Gasteiger partial charge in [-0.2, -0.15) is 10.5 Å². The smallest absolute Gasteiger partial charge is 0.181 e. The fraction of sp³-hybridized carbons (Fsp3) is 0.263. The lowest BCUT2D eigenvalue weighted by Gasteiger charge is -2.14. The van der Waals surface area contributed by atoms with Crippen molar-refractivity contribution in [2.75, 3.05) is 12.0 Å². The topological polar surface area (TPSA) is 68.8 Å². The average molecular weight is 323 g/mol. The van der Waals surface area contributed by atoms with Crippen LogP contribution >= 0.6 is 0 Å². The van der Waals surface area contributed by atoms with E-state index in [4.69, 9.17) is 15.3 Å². The maximum Gasteiger partial charge on any atom is 0.181 e. The van der Waals surface area contributed by atoms with Gasteiger partial charge in [0.05, 0.1) is 18.3 Å². The number of nitriles is 2. The van der Waals surface area contributed by atoms with E-state index in [-0.39, 0.29) is 6.61 Å². The fourth-order valence-electron chi connectivity index (χ4n) is 2.42. The molecule has 0 amide bonds. The molecule has 0 aliphatic heterocycles. The molecule has 0 spiro atoms. The Bertz CT molecular complexity index is 819. The van der Waals surface area contributed by atoms with Gasteiger partial charge in [0.25, 0.3) is 0 Å². The molecule has 0 fully saturated rings. The molecule has 0 heterocycles. The first-order valence-corrected chi connectivity index (χ1v) is 7.55. The highest BCUT2D eigenvalue weighted by Crippen LogP contribution is 2.25. The molecule has 0 unspecified atom stereocenters. The summed E-state index contributed by atoms with van der Waals surface area (Å²) in [5.74, 6) is 0.646. The molecule has 0 saturated heterocycles. The van der Waals surface area contributed by atoms with Crippen LogP contribution in [0, 0.1) is 36.6 Å². The lowest BCUT2D eigenvalue weighted by Crippen LogP contribution is -2.02. The summed E-state index contributed by atoms with van der Waals surface area (Å²) in [6.07, 6.45) is 2.14. The predicted octanol–water partition coefficient (Wildman–Crippen LogP) is 4.16. The van der Waals surface area contributed by atoms with Crippen molar-refractivity contribution in [2.24, 2.45) is 0 Å². The van der Waals surface area contributed by atoms with Gasteiger partial charge in [0.15, 0.2) is 6.19 Å². The van der Waals surface area contributed by atoms with E-state index >= 15 is 0 Å². The first-order chi connectivity index (χ1) is 11.6. The molecule has 0 aromatic heterocycles. The number of hydrogen-bond acceptors (Lipinski definition) is 4. The highest BCUT2D eigenvalue weighted by molar-refractivity contribution is 5.54. The van der Waals surface area contributed by atoms with Crippen LogP contribution in [0.3, 0.4) is 0 Å². The normalized spacial score (nSPS) is 9.88. The van der Waals surface area contributed by atoms with Crippen LogP contribution in [0.1, 0.15) is 27.8 Å². The fourth-order valence-corrected chi connectivity index (χ4v) is 2.42. The van der Waals surface area contributed by atoms with Crippen LogP contribution in [-0.4, -0.2) is 6.67 Å². The van der Waals surface area contributed by atoms with Gasteiger partial charge in [-0.3, -0.25) is 9.71 Å². The van der Waals surface area contributed by atoms with Gasteiger partial charge < -0.3 is 4.74 Å². The number of hydrogen-bond donors (Lipinski definition) is 1. The summed E-state index contributed by atoms with van der Waals surface area (Å²) in [5, 5.41) is 20.3. The highest BCUT2D eigenvalue weighted by atomic mass is 19.1. The first-order valence-electron chi connectivity index (χ1n) is 7.55. The van der Waals surface area contributed by atoms with Gasteiger partial charge >= 0.3 is 0 Å². The minimum atomic E-state index is -0.445. The largest absolute Gasteiger partial charge is 0.489 e. The minimum absolute atomic E-state index is 0.234. The summed E-state index contributed by atoms with van der Waals surface area (Å²) in [4.78, 5) is 0. The molecule has 0 saturated carbocycles. The van der Waals surface area contributed by atoms with Crippen LogP contribution < -0.4 is 10.1 Å². The van der Waals surface area contributed by atoms with Crippen LogP contribution in [0.25, 0.3) is 0 Å². The number of alkyl halides is 1. The second kappa shape index (κ2) is 7.99. The summed E-state index contributed by atoms with van der Waals surface area (Å²) < 4.78 is 18.6. The molecule has 0 bridgehead atoms. The number of rotatable bonds is 6. The van der Waals surface area contributed by atoms with E-state index in [1.807, 2.05) is 32.2 Å². The lowest BCUT2D eigenvalue weighted by molar-refractivity contribution is 0.301. The Kier molecular flexibility index (Phi) is 5.76. The van der Waals surface area contributed by atoms with Crippen LogP contribution in [0.5, 0.6) is 5.75 Å². The summed E-state index contributed by atoms with van der Waals surface area (Å²) in [6.45, 7) is 3.75. The molecule has 5 heteroatoms. The van der Waals surface area contributed by atoms with Crippen LogP contribution in [0.4, 0.5) is 10.1 Å². The SMILES string of the molecule is Cc1cc(CCF)c(OCc2cc(C#N)cc(NC#N)c2)cc1C. The quantitative estimate of drug-likeness (QED) is 0.640. The zero-order valence-electron chi connectivity index (χ0n) is 13.7. The molecule has 2 aromatic rings. The van der Waals surface area contributed by atoms with Gasteiger partial charge in [0, 0.05) is 12.1 Å². The van der Waals surface area contributed by atoms with E-state index < -0.39 is 6.67 Å². The number of benzene rings is 2. The number of nitrogens with zero attached hydrogens (tertiary/aromatic N) is 2. The Morgan fingerprint density at radius 3 is 2.50 bits per heavy atom. The van der Waals surface area contributed by atoms with Crippen molar-refractivity contribution in [3.8, 4) is 18.0 Å². The van der Waals surface area contributed by atoms with Crippen molar-refractivity contribution in [1.29, 1.82) is 10.5 Å². The van der Waals surface area contributed by atoms with Crippen molar-refractivity contribution in [2.45, 2.75) is 26.9 Å². The standard InChI is InChI=1S/C19H18FN3O/c1-13-5-17(3-4-20)19(6-14(13)2)24-11-16-7-15(10-21)8-18(9-16)23-12-22/h5-9,23H,3-4,11H2,1-2H3. The second-order valence-corrected chi connectivity index (χ2v) is 5.54. The van der Waals surface area contributed by atoms with E-state index in [9.17, 15) is 4.39 Å². The summed E-state index contributed by atoms with van der Waals surface area (Å²) in [5.41, 5.74) is 4.74. The van der Waals surface area contributed by atoms with E-state index in [1.165, 1.54) is 0 Å². The Morgan fingerprint density at radius 1 is 1.08 bits per heavy atom. The molecular formula is C19H18FN3O. The molecule has 2 rings (SSSR count).